The van der Waals surface area contributed by atoms with Crippen molar-refractivity contribution in [1.29, 1.82) is 0 Å². The molecule has 2 aliphatic rings. The van der Waals surface area contributed by atoms with Crippen molar-refractivity contribution in [3.63, 3.8) is 0 Å². The quantitative estimate of drug-likeness (QED) is 0.630. The lowest BCUT2D eigenvalue weighted by Crippen LogP contribution is -2.36. The third-order valence-corrected chi connectivity index (χ3v) is 4.67. The fraction of sp³-hybridized carbons (Fsp3) is 0.737. The van der Waals surface area contributed by atoms with Crippen LogP contribution in [-0.2, 0) is 14.3 Å². The predicted octanol–water partition coefficient (Wildman–Crippen LogP) is 4.17. The first kappa shape index (κ1) is 17.9. The van der Waals surface area contributed by atoms with Gasteiger partial charge < -0.3 is 14.4 Å². The van der Waals surface area contributed by atoms with E-state index in [1.807, 2.05) is 13.0 Å². The van der Waals surface area contributed by atoms with Gasteiger partial charge in [-0.05, 0) is 51.0 Å². The Morgan fingerprint density at radius 1 is 1.35 bits per heavy atom. The van der Waals surface area contributed by atoms with Gasteiger partial charge >= 0.3 is 0 Å². The topological polar surface area (TPSA) is 38.8 Å². The molecule has 0 N–H and O–H groups in total. The molecule has 1 unspecified atom stereocenters. The molecule has 1 aliphatic heterocycles. The van der Waals surface area contributed by atoms with Gasteiger partial charge in [0.15, 0.2) is 0 Å². The smallest absolute Gasteiger partial charge is 0.226 e. The second-order valence-electron chi connectivity index (χ2n) is 6.58. The van der Waals surface area contributed by atoms with Crippen LogP contribution in [0.25, 0.3) is 0 Å². The van der Waals surface area contributed by atoms with Gasteiger partial charge in [0.05, 0.1) is 19.3 Å². The van der Waals surface area contributed by atoms with Crippen molar-refractivity contribution in [3.05, 3.63) is 23.2 Å². The molecule has 1 fully saturated rings. The highest BCUT2D eigenvalue weighted by Crippen LogP contribution is 2.31. The summed E-state index contributed by atoms with van der Waals surface area (Å²) < 4.78 is 11.4. The van der Waals surface area contributed by atoms with E-state index in [9.17, 15) is 4.79 Å². The second kappa shape index (κ2) is 8.42. The highest BCUT2D eigenvalue weighted by molar-refractivity contribution is 5.77. The predicted molar refractivity (Wildman–Crippen MR) is 91.8 cm³/mol. The van der Waals surface area contributed by atoms with E-state index in [1.165, 1.54) is 5.57 Å². The number of ether oxygens (including phenoxy) is 2. The molecular weight excluding hydrogens is 290 g/mol. The number of carbonyl (C=O) groups excluding carboxylic acids is 1. The van der Waals surface area contributed by atoms with Crippen molar-refractivity contribution >= 4 is 5.91 Å². The summed E-state index contributed by atoms with van der Waals surface area (Å²) in [5.41, 5.74) is 1.32. The van der Waals surface area contributed by atoms with Crippen molar-refractivity contribution in [3.8, 4) is 0 Å². The van der Waals surface area contributed by atoms with Gasteiger partial charge in [-0.3, -0.25) is 4.79 Å². The third kappa shape index (κ3) is 5.02. The van der Waals surface area contributed by atoms with Gasteiger partial charge in [0.1, 0.15) is 11.9 Å². The standard InChI is InChI=1S/C19H31NO3/c1-5-11-20(16-8-9-16)19(21)13-17-10-7-15(6-2)18(23-17)12-14(3)22-4/h12,16-17H,5-11,13H2,1-4H3/b14-12+. The summed E-state index contributed by atoms with van der Waals surface area (Å²) in [5.74, 6) is 2.00. The lowest BCUT2D eigenvalue weighted by molar-refractivity contribution is -0.134. The van der Waals surface area contributed by atoms with Crippen LogP contribution in [0.15, 0.2) is 23.2 Å². The molecule has 130 valence electrons. The van der Waals surface area contributed by atoms with E-state index in [0.717, 1.165) is 56.6 Å². The van der Waals surface area contributed by atoms with E-state index in [4.69, 9.17) is 9.47 Å². The van der Waals surface area contributed by atoms with Crippen molar-refractivity contribution in [2.45, 2.75) is 77.9 Å². The van der Waals surface area contributed by atoms with E-state index in [0.29, 0.717) is 12.5 Å². The molecule has 0 aromatic rings. The Morgan fingerprint density at radius 3 is 2.65 bits per heavy atom. The van der Waals surface area contributed by atoms with Crippen LogP contribution in [0.5, 0.6) is 0 Å². The summed E-state index contributed by atoms with van der Waals surface area (Å²) in [4.78, 5) is 14.7. The SMILES string of the molecule is CCCN(C(=O)CC1CCC(CC)=C(/C=C(\C)OC)O1)C1CC1. The van der Waals surface area contributed by atoms with Gasteiger partial charge in [-0.1, -0.05) is 13.8 Å². The second-order valence-corrected chi connectivity index (χ2v) is 6.58. The Morgan fingerprint density at radius 2 is 2.09 bits per heavy atom. The molecule has 0 bridgehead atoms. The Balaban J connectivity index is 1.99. The minimum Gasteiger partial charge on any atom is -0.501 e. The van der Waals surface area contributed by atoms with Crippen LogP contribution in [0.3, 0.4) is 0 Å². The maximum atomic E-state index is 12.6. The lowest BCUT2D eigenvalue weighted by Gasteiger charge is -2.29. The fourth-order valence-corrected chi connectivity index (χ4v) is 3.10. The molecule has 23 heavy (non-hydrogen) atoms. The van der Waals surface area contributed by atoms with Crippen LogP contribution in [0.2, 0.25) is 0 Å². The Labute approximate surface area is 140 Å². The van der Waals surface area contributed by atoms with Gasteiger partial charge in [-0.25, -0.2) is 0 Å². The minimum atomic E-state index is -0.00758. The van der Waals surface area contributed by atoms with Crippen LogP contribution in [0.4, 0.5) is 0 Å². The average Bonchev–Trinajstić information content (AvgIpc) is 3.37. The highest BCUT2D eigenvalue weighted by atomic mass is 16.5. The average molecular weight is 321 g/mol. The third-order valence-electron chi connectivity index (χ3n) is 4.67. The molecular formula is C19H31NO3. The number of hydrogen-bond acceptors (Lipinski definition) is 3. The monoisotopic (exact) mass is 321 g/mol. The molecule has 4 heteroatoms. The number of amides is 1. The normalized spacial score (nSPS) is 21.9. The van der Waals surface area contributed by atoms with Crippen LogP contribution < -0.4 is 0 Å². The maximum absolute atomic E-state index is 12.6. The van der Waals surface area contributed by atoms with E-state index >= 15 is 0 Å². The van der Waals surface area contributed by atoms with Gasteiger partial charge in [0.2, 0.25) is 5.91 Å². The highest BCUT2D eigenvalue weighted by Gasteiger charge is 2.33. The number of nitrogens with zero attached hydrogens (tertiary/aromatic N) is 1. The van der Waals surface area contributed by atoms with Crippen molar-refractivity contribution in [1.82, 2.24) is 4.90 Å². The summed E-state index contributed by atoms with van der Waals surface area (Å²) in [6, 6.07) is 0.489. The fourth-order valence-electron chi connectivity index (χ4n) is 3.10. The molecule has 1 amide bonds. The molecule has 1 atom stereocenters. The van der Waals surface area contributed by atoms with Crippen molar-refractivity contribution in [2.24, 2.45) is 0 Å². The maximum Gasteiger partial charge on any atom is 0.226 e. The van der Waals surface area contributed by atoms with Crippen LogP contribution in [-0.4, -0.2) is 36.6 Å². The molecule has 1 saturated carbocycles. The summed E-state index contributed by atoms with van der Waals surface area (Å²) >= 11 is 0. The number of methoxy groups -OCH3 is 1. The zero-order valence-corrected chi connectivity index (χ0v) is 15.1. The van der Waals surface area contributed by atoms with E-state index in [2.05, 4.69) is 18.7 Å². The number of hydrogen-bond donors (Lipinski definition) is 0. The molecule has 0 spiro atoms. The Hall–Kier alpha value is -1.45. The first-order valence-corrected chi connectivity index (χ1v) is 8.99. The van der Waals surface area contributed by atoms with E-state index in [1.54, 1.807) is 7.11 Å². The molecule has 0 aromatic carbocycles. The summed E-state index contributed by atoms with van der Waals surface area (Å²) in [5, 5.41) is 0. The van der Waals surface area contributed by atoms with Gasteiger partial charge in [-0.15, -0.1) is 0 Å². The number of rotatable bonds is 8. The van der Waals surface area contributed by atoms with E-state index in [-0.39, 0.29) is 12.0 Å². The van der Waals surface area contributed by atoms with Gasteiger partial charge in [0.25, 0.3) is 0 Å². The molecule has 1 aliphatic carbocycles. The largest absolute Gasteiger partial charge is 0.501 e. The molecule has 0 radical (unpaired) electrons. The van der Waals surface area contributed by atoms with Crippen LogP contribution in [0, 0.1) is 0 Å². The Kier molecular flexibility index (Phi) is 6.55. The number of allylic oxidation sites excluding steroid dienone is 3. The van der Waals surface area contributed by atoms with Gasteiger partial charge in [-0.2, -0.15) is 0 Å². The van der Waals surface area contributed by atoms with E-state index < -0.39 is 0 Å². The molecule has 2 rings (SSSR count). The zero-order valence-electron chi connectivity index (χ0n) is 15.1. The van der Waals surface area contributed by atoms with Crippen molar-refractivity contribution < 1.29 is 14.3 Å². The van der Waals surface area contributed by atoms with Gasteiger partial charge in [0, 0.05) is 18.7 Å². The van der Waals surface area contributed by atoms with Crippen molar-refractivity contribution in [2.75, 3.05) is 13.7 Å². The zero-order chi connectivity index (χ0) is 16.8. The first-order chi connectivity index (χ1) is 11.1. The summed E-state index contributed by atoms with van der Waals surface area (Å²) in [6.07, 6.45) is 8.72. The Bertz CT molecular complexity index is 477. The molecule has 1 heterocycles. The first-order valence-electron chi connectivity index (χ1n) is 8.99. The summed E-state index contributed by atoms with van der Waals surface area (Å²) in [6.45, 7) is 7.08. The van der Waals surface area contributed by atoms with Crippen LogP contribution in [0.1, 0.15) is 65.7 Å². The van der Waals surface area contributed by atoms with Crippen LogP contribution >= 0.6 is 0 Å². The summed E-state index contributed by atoms with van der Waals surface area (Å²) in [7, 11) is 1.67. The molecule has 0 aromatic heterocycles. The lowest BCUT2D eigenvalue weighted by atomic mass is 9.98. The number of carbonyl (C=O) groups is 1. The minimum absolute atomic E-state index is 0.00758. The molecule has 0 saturated heterocycles. The molecule has 4 nitrogen and oxygen atoms in total.